The number of sulfonamides is 1. The van der Waals surface area contributed by atoms with E-state index in [9.17, 15) is 18.0 Å². The number of hydrazine groups is 1. The maximum absolute atomic E-state index is 13.1. The molecule has 3 rings (SSSR count). The number of methoxy groups -OCH3 is 1. The average molecular weight is 662 g/mol. The zero-order chi connectivity index (χ0) is 32.7. The number of nitrogens with zero attached hydrogens (tertiary/aromatic N) is 1. The summed E-state index contributed by atoms with van der Waals surface area (Å²) in [4.78, 5) is 24.9. The Hall–Kier alpha value is -3.77. The van der Waals surface area contributed by atoms with Gasteiger partial charge in [0.25, 0.3) is 15.9 Å². The van der Waals surface area contributed by atoms with Gasteiger partial charge in [0.2, 0.25) is 0 Å². The Kier molecular flexibility index (Phi) is 14.5. The molecule has 246 valence electrons. The largest absolute Gasteiger partial charge is 0.481 e. The molecule has 45 heavy (non-hydrogen) atoms. The van der Waals surface area contributed by atoms with Crippen LogP contribution in [0.5, 0.6) is 5.75 Å². The maximum atomic E-state index is 13.1. The molecular formula is C32H44ClN5O6S. The van der Waals surface area contributed by atoms with Crippen molar-refractivity contribution < 1.29 is 27.5 Å². The van der Waals surface area contributed by atoms with Crippen LogP contribution in [-0.4, -0.2) is 43.7 Å². The molecule has 1 unspecified atom stereocenters. The molecule has 3 aromatic rings. The topological polar surface area (TPSA) is 152 Å². The van der Waals surface area contributed by atoms with Crippen LogP contribution < -0.4 is 20.3 Å². The minimum absolute atomic E-state index is 0.0846. The zero-order valence-electron chi connectivity index (χ0n) is 26.2. The first-order chi connectivity index (χ1) is 21.6. The Bertz CT molecular complexity index is 1480. The first kappa shape index (κ1) is 35.7. The van der Waals surface area contributed by atoms with Crippen molar-refractivity contribution in [2.75, 3.05) is 17.3 Å². The van der Waals surface area contributed by atoms with Gasteiger partial charge in [-0.2, -0.15) is 5.10 Å². The summed E-state index contributed by atoms with van der Waals surface area (Å²) < 4.78 is 39.1. The molecule has 0 aliphatic heterocycles. The lowest BCUT2D eigenvalue weighted by Gasteiger charge is -2.19. The van der Waals surface area contributed by atoms with Crippen molar-refractivity contribution in [1.29, 1.82) is 0 Å². The lowest BCUT2D eigenvalue weighted by Crippen LogP contribution is -2.41. The number of hydrogen-bond acceptors (Lipinski definition) is 8. The third kappa shape index (κ3) is 11.6. The molecule has 4 N–H and O–H groups in total. The monoisotopic (exact) mass is 661 g/mol. The number of benzene rings is 2. The van der Waals surface area contributed by atoms with Gasteiger partial charge in [0, 0.05) is 5.69 Å². The quantitative estimate of drug-likeness (QED) is 0.0566. The fourth-order valence-corrected chi connectivity index (χ4v) is 5.88. The number of halogens is 1. The van der Waals surface area contributed by atoms with Gasteiger partial charge in [-0.05, 0) is 62.2 Å². The Labute approximate surface area is 270 Å². The maximum Gasteiger partial charge on any atom is 0.337 e. The number of aromatic nitrogens is 2. The van der Waals surface area contributed by atoms with Crippen molar-refractivity contribution in [3.63, 3.8) is 0 Å². The van der Waals surface area contributed by atoms with Crippen molar-refractivity contribution in [2.24, 2.45) is 0 Å². The minimum atomic E-state index is -3.98. The van der Waals surface area contributed by atoms with Crippen molar-refractivity contribution >= 4 is 45.0 Å². The van der Waals surface area contributed by atoms with Crippen molar-refractivity contribution in [3.05, 3.63) is 64.8 Å². The lowest BCUT2D eigenvalue weighted by atomic mass is 10.0. The summed E-state index contributed by atoms with van der Waals surface area (Å²) in [5.74, 6) is -0.332. The number of esters is 1. The molecular weight excluding hydrogens is 618 g/mol. The SMILES string of the molecule is CCCCCCCCCCCCC(Oc1ccc(NS(=O)(=O)c2cccc(C(=O)OC)c2)cc1)C(=O)NNc1n[nH]c(C)c1Cl. The average Bonchev–Trinajstić information content (AvgIpc) is 3.36. The molecule has 0 saturated heterocycles. The summed E-state index contributed by atoms with van der Waals surface area (Å²) in [6.07, 6.45) is 11.4. The van der Waals surface area contributed by atoms with E-state index in [4.69, 9.17) is 16.3 Å². The molecule has 1 heterocycles. The van der Waals surface area contributed by atoms with Crippen LogP contribution in [0.15, 0.2) is 53.4 Å². The highest BCUT2D eigenvalue weighted by atomic mass is 35.5. The van der Waals surface area contributed by atoms with E-state index in [0.717, 1.165) is 19.3 Å². The summed E-state index contributed by atoms with van der Waals surface area (Å²) in [6, 6.07) is 11.8. The predicted molar refractivity (Wildman–Crippen MR) is 176 cm³/mol. The molecule has 1 aromatic heterocycles. The smallest absolute Gasteiger partial charge is 0.337 e. The number of carbonyl (C=O) groups is 2. The highest BCUT2D eigenvalue weighted by Gasteiger charge is 2.22. The fraction of sp³-hybridized carbons (Fsp3) is 0.469. The Morgan fingerprint density at radius 3 is 2.20 bits per heavy atom. The Morgan fingerprint density at radius 1 is 0.956 bits per heavy atom. The van der Waals surface area contributed by atoms with E-state index >= 15 is 0 Å². The molecule has 13 heteroatoms. The summed E-state index contributed by atoms with van der Waals surface area (Å²) in [7, 11) is -2.76. The molecule has 0 saturated carbocycles. The van der Waals surface area contributed by atoms with E-state index in [1.807, 2.05) is 0 Å². The third-order valence-corrected chi connectivity index (χ3v) is 9.08. The number of rotatable bonds is 20. The minimum Gasteiger partial charge on any atom is -0.481 e. The molecule has 0 fully saturated rings. The van der Waals surface area contributed by atoms with Crippen LogP contribution in [0, 0.1) is 6.92 Å². The van der Waals surface area contributed by atoms with Crippen molar-refractivity contribution in [3.8, 4) is 5.75 Å². The molecule has 1 amide bonds. The number of ether oxygens (including phenoxy) is 2. The number of carbonyl (C=O) groups excluding carboxylic acids is 2. The molecule has 11 nitrogen and oxygen atoms in total. The zero-order valence-corrected chi connectivity index (χ0v) is 27.7. The summed E-state index contributed by atoms with van der Waals surface area (Å²) in [5.41, 5.74) is 6.44. The van der Waals surface area contributed by atoms with Crippen LogP contribution in [0.4, 0.5) is 11.5 Å². The van der Waals surface area contributed by atoms with Gasteiger partial charge in [-0.25, -0.2) is 13.2 Å². The normalized spacial score (nSPS) is 11.9. The number of H-pyrrole nitrogens is 1. The molecule has 0 bridgehead atoms. The number of hydrogen-bond donors (Lipinski definition) is 4. The molecule has 0 spiro atoms. The fourth-order valence-electron chi connectivity index (χ4n) is 4.65. The number of anilines is 2. The second-order valence-corrected chi connectivity index (χ2v) is 12.9. The van der Waals surface area contributed by atoms with Crippen LogP contribution in [-0.2, 0) is 19.6 Å². The van der Waals surface area contributed by atoms with E-state index in [-0.39, 0.29) is 16.1 Å². The van der Waals surface area contributed by atoms with E-state index in [0.29, 0.717) is 28.7 Å². The predicted octanol–water partition coefficient (Wildman–Crippen LogP) is 7.16. The molecule has 0 aliphatic rings. The van der Waals surface area contributed by atoms with E-state index < -0.39 is 28.0 Å². The van der Waals surface area contributed by atoms with Crippen LogP contribution in [0.2, 0.25) is 5.02 Å². The van der Waals surface area contributed by atoms with E-state index in [1.54, 1.807) is 19.1 Å². The van der Waals surface area contributed by atoms with Crippen LogP contribution >= 0.6 is 11.6 Å². The van der Waals surface area contributed by atoms with Gasteiger partial charge < -0.3 is 9.47 Å². The van der Waals surface area contributed by atoms with Gasteiger partial charge in [-0.15, -0.1) is 0 Å². The van der Waals surface area contributed by atoms with Gasteiger partial charge in [0.15, 0.2) is 11.9 Å². The molecule has 0 aliphatic carbocycles. The summed E-state index contributed by atoms with van der Waals surface area (Å²) in [5, 5.41) is 7.15. The van der Waals surface area contributed by atoms with Gasteiger partial charge in [-0.1, -0.05) is 82.4 Å². The van der Waals surface area contributed by atoms with Gasteiger partial charge in [0.05, 0.1) is 23.3 Å². The second kappa shape index (κ2) is 18.3. The van der Waals surface area contributed by atoms with Gasteiger partial charge in [-0.3, -0.25) is 25.5 Å². The van der Waals surface area contributed by atoms with Crippen LogP contribution in [0.25, 0.3) is 0 Å². The van der Waals surface area contributed by atoms with Crippen molar-refractivity contribution in [1.82, 2.24) is 15.6 Å². The number of unbranched alkanes of at least 4 members (excludes halogenated alkanes) is 9. The Morgan fingerprint density at radius 2 is 1.60 bits per heavy atom. The number of aryl methyl sites for hydroxylation is 1. The summed E-state index contributed by atoms with van der Waals surface area (Å²) in [6.45, 7) is 3.99. The van der Waals surface area contributed by atoms with Crippen molar-refractivity contribution in [2.45, 2.75) is 95.5 Å². The summed E-state index contributed by atoms with van der Waals surface area (Å²) >= 11 is 6.20. The van der Waals surface area contributed by atoms with Gasteiger partial charge in [0.1, 0.15) is 10.8 Å². The van der Waals surface area contributed by atoms with E-state index in [1.165, 1.54) is 88.5 Å². The van der Waals surface area contributed by atoms with Gasteiger partial charge >= 0.3 is 5.97 Å². The standard InChI is InChI=1S/C32H44ClN5O6S/c1-4-5-6-7-8-9-10-11-12-13-17-28(31(39)37-36-30-29(33)23(2)34-35-30)44-26-20-18-25(19-21-26)38-45(41,42)27-16-14-15-24(22-27)32(40)43-3/h14-16,18-22,28,38H,4-13,17H2,1-3H3,(H,37,39)(H2,34,35,36). The van der Waals surface area contributed by atoms with E-state index in [2.05, 4.69) is 37.4 Å². The van der Waals surface area contributed by atoms with Crippen LogP contribution in [0.1, 0.15) is 93.6 Å². The number of amides is 1. The highest BCUT2D eigenvalue weighted by molar-refractivity contribution is 7.92. The number of nitrogens with one attached hydrogen (secondary N) is 4. The van der Waals surface area contributed by atoms with Crippen LogP contribution in [0.3, 0.4) is 0 Å². The molecule has 0 radical (unpaired) electrons. The molecule has 1 atom stereocenters. The third-order valence-electron chi connectivity index (χ3n) is 7.24. The highest BCUT2D eigenvalue weighted by Crippen LogP contribution is 2.24. The lowest BCUT2D eigenvalue weighted by molar-refractivity contribution is -0.127. The number of aromatic amines is 1. The molecule has 2 aromatic carbocycles. The second-order valence-electron chi connectivity index (χ2n) is 10.9. The first-order valence-electron chi connectivity index (χ1n) is 15.4. The Balaban J connectivity index is 1.59. The first-order valence-corrected chi connectivity index (χ1v) is 17.2.